The van der Waals surface area contributed by atoms with Crippen LogP contribution in [0, 0.1) is 6.92 Å². The molecule has 2 aromatic rings. The number of aryl methyl sites for hydroxylation is 1. The lowest BCUT2D eigenvalue weighted by Crippen LogP contribution is -2.29. The van der Waals surface area contributed by atoms with Crippen molar-refractivity contribution in [2.24, 2.45) is 0 Å². The Hall–Kier alpha value is -3.08. The van der Waals surface area contributed by atoms with Gasteiger partial charge in [-0.25, -0.2) is 4.79 Å². The van der Waals surface area contributed by atoms with E-state index in [1.54, 1.807) is 24.3 Å². The summed E-state index contributed by atoms with van der Waals surface area (Å²) in [5, 5.41) is 2.72. The van der Waals surface area contributed by atoms with Gasteiger partial charge in [0.15, 0.2) is 6.10 Å². The second-order valence-corrected chi connectivity index (χ2v) is 5.74. The molecule has 0 aliphatic heterocycles. The van der Waals surface area contributed by atoms with Crippen molar-refractivity contribution in [2.45, 2.75) is 26.9 Å². The summed E-state index contributed by atoms with van der Waals surface area (Å²) in [7, 11) is 0. The van der Waals surface area contributed by atoms with Gasteiger partial charge < -0.3 is 14.8 Å². The Morgan fingerprint density at radius 3 is 2.50 bits per heavy atom. The summed E-state index contributed by atoms with van der Waals surface area (Å²) in [6.45, 7) is 5.87. The number of amides is 1. The van der Waals surface area contributed by atoms with Gasteiger partial charge in [0.2, 0.25) is 0 Å². The number of benzene rings is 2. The number of nitrogens with one attached hydrogen (secondary N) is 1. The second kappa shape index (κ2) is 9.42. The fourth-order valence-corrected chi connectivity index (χ4v) is 2.19. The molecule has 1 amide bonds. The number of para-hydroxylation sites is 2. The molecule has 0 radical (unpaired) electrons. The molecule has 0 aromatic heterocycles. The standard InChI is InChI=1S/C21H23NO4/c1-4-25-19-8-6-5-7-18(19)22-21(24)16(3)26-20(23)14-13-17-11-9-15(2)10-12-17/h5-14,16H,4H2,1-3H3,(H,22,24)/b14-13+. The summed E-state index contributed by atoms with van der Waals surface area (Å²) in [6, 6.07) is 14.8. The molecule has 1 atom stereocenters. The fourth-order valence-electron chi connectivity index (χ4n) is 2.19. The van der Waals surface area contributed by atoms with Crippen molar-refractivity contribution in [1.29, 1.82) is 0 Å². The van der Waals surface area contributed by atoms with E-state index in [1.807, 2.05) is 44.2 Å². The van der Waals surface area contributed by atoms with Crippen molar-refractivity contribution in [3.8, 4) is 5.75 Å². The zero-order valence-electron chi connectivity index (χ0n) is 15.2. The van der Waals surface area contributed by atoms with Crippen LogP contribution in [0.25, 0.3) is 6.08 Å². The van der Waals surface area contributed by atoms with Crippen molar-refractivity contribution in [2.75, 3.05) is 11.9 Å². The first-order valence-corrected chi connectivity index (χ1v) is 8.47. The smallest absolute Gasteiger partial charge is 0.331 e. The first-order valence-electron chi connectivity index (χ1n) is 8.47. The van der Waals surface area contributed by atoms with E-state index in [-0.39, 0.29) is 0 Å². The molecule has 0 aliphatic rings. The summed E-state index contributed by atoms with van der Waals surface area (Å²) in [5.41, 5.74) is 2.56. The van der Waals surface area contributed by atoms with Gasteiger partial charge in [-0.05, 0) is 44.5 Å². The van der Waals surface area contributed by atoms with E-state index in [0.717, 1.165) is 11.1 Å². The van der Waals surface area contributed by atoms with Gasteiger partial charge in [0.1, 0.15) is 5.75 Å². The molecule has 1 N–H and O–H groups in total. The van der Waals surface area contributed by atoms with Gasteiger partial charge in [0, 0.05) is 6.08 Å². The molecule has 0 saturated carbocycles. The van der Waals surface area contributed by atoms with Gasteiger partial charge in [0.25, 0.3) is 5.91 Å². The highest BCUT2D eigenvalue weighted by molar-refractivity contribution is 5.97. The van der Waals surface area contributed by atoms with Crippen LogP contribution in [0.1, 0.15) is 25.0 Å². The van der Waals surface area contributed by atoms with Gasteiger partial charge in [-0.2, -0.15) is 0 Å². The number of hydrogen-bond donors (Lipinski definition) is 1. The van der Waals surface area contributed by atoms with Crippen LogP contribution >= 0.6 is 0 Å². The normalized spacial score (nSPS) is 11.8. The summed E-state index contributed by atoms with van der Waals surface area (Å²) in [6.07, 6.45) is 2.03. The number of carbonyl (C=O) groups is 2. The van der Waals surface area contributed by atoms with Crippen molar-refractivity contribution >= 4 is 23.6 Å². The molecule has 0 aliphatic carbocycles. The second-order valence-electron chi connectivity index (χ2n) is 5.74. The molecule has 0 spiro atoms. The Morgan fingerprint density at radius 2 is 1.81 bits per heavy atom. The van der Waals surface area contributed by atoms with Crippen LogP contribution in [0.2, 0.25) is 0 Å². The number of esters is 1. The van der Waals surface area contributed by atoms with E-state index < -0.39 is 18.0 Å². The Bertz CT molecular complexity index is 781. The summed E-state index contributed by atoms with van der Waals surface area (Å²) >= 11 is 0. The van der Waals surface area contributed by atoms with Crippen LogP contribution in [0.5, 0.6) is 5.75 Å². The quantitative estimate of drug-likeness (QED) is 0.604. The number of ether oxygens (including phenoxy) is 2. The van der Waals surface area contributed by atoms with Crippen molar-refractivity contribution in [1.82, 2.24) is 0 Å². The summed E-state index contributed by atoms with van der Waals surface area (Å²) in [5.74, 6) is -0.429. The topological polar surface area (TPSA) is 64.6 Å². The van der Waals surface area contributed by atoms with E-state index >= 15 is 0 Å². The van der Waals surface area contributed by atoms with Crippen LogP contribution in [0.3, 0.4) is 0 Å². The van der Waals surface area contributed by atoms with Crippen molar-refractivity contribution in [3.05, 3.63) is 65.7 Å². The van der Waals surface area contributed by atoms with Gasteiger partial charge in [-0.3, -0.25) is 4.79 Å². The Labute approximate surface area is 153 Å². The molecule has 0 bridgehead atoms. The molecule has 26 heavy (non-hydrogen) atoms. The first-order chi connectivity index (χ1) is 12.5. The Morgan fingerprint density at radius 1 is 1.12 bits per heavy atom. The van der Waals surface area contributed by atoms with Crippen molar-refractivity contribution < 1.29 is 19.1 Å². The van der Waals surface area contributed by atoms with Gasteiger partial charge in [-0.1, -0.05) is 42.0 Å². The minimum absolute atomic E-state index is 0.422. The van der Waals surface area contributed by atoms with E-state index in [9.17, 15) is 9.59 Å². The lowest BCUT2D eigenvalue weighted by molar-refractivity contribution is -0.148. The maximum atomic E-state index is 12.2. The third-order valence-corrected chi connectivity index (χ3v) is 3.60. The minimum Gasteiger partial charge on any atom is -0.492 e. The predicted molar refractivity (Wildman–Crippen MR) is 102 cm³/mol. The van der Waals surface area contributed by atoms with E-state index in [4.69, 9.17) is 9.47 Å². The minimum atomic E-state index is -0.931. The molecule has 5 nitrogen and oxygen atoms in total. The maximum absolute atomic E-state index is 12.2. The van der Waals surface area contributed by atoms with Crippen LogP contribution in [0.4, 0.5) is 5.69 Å². The highest BCUT2D eigenvalue weighted by atomic mass is 16.5. The number of carbonyl (C=O) groups excluding carboxylic acids is 2. The molecule has 5 heteroatoms. The van der Waals surface area contributed by atoms with Gasteiger partial charge in [0.05, 0.1) is 12.3 Å². The molecule has 0 saturated heterocycles. The molecule has 0 heterocycles. The number of hydrogen-bond acceptors (Lipinski definition) is 4. The fraction of sp³-hybridized carbons (Fsp3) is 0.238. The Balaban J connectivity index is 1.92. The third kappa shape index (κ3) is 5.77. The average molecular weight is 353 g/mol. The average Bonchev–Trinajstić information content (AvgIpc) is 2.63. The lowest BCUT2D eigenvalue weighted by Gasteiger charge is -2.15. The highest BCUT2D eigenvalue weighted by Gasteiger charge is 2.18. The van der Waals surface area contributed by atoms with Gasteiger partial charge >= 0.3 is 5.97 Å². The SMILES string of the molecule is CCOc1ccccc1NC(=O)C(C)OC(=O)/C=C/c1ccc(C)cc1. The highest BCUT2D eigenvalue weighted by Crippen LogP contribution is 2.23. The largest absolute Gasteiger partial charge is 0.492 e. The third-order valence-electron chi connectivity index (χ3n) is 3.60. The number of rotatable bonds is 7. The summed E-state index contributed by atoms with van der Waals surface area (Å²) in [4.78, 5) is 24.2. The maximum Gasteiger partial charge on any atom is 0.331 e. The van der Waals surface area contributed by atoms with Crippen molar-refractivity contribution in [3.63, 3.8) is 0 Å². The van der Waals surface area contributed by atoms with Crippen LogP contribution in [-0.2, 0) is 14.3 Å². The number of anilines is 1. The van der Waals surface area contributed by atoms with Gasteiger partial charge in [-0.15, -0.1) is 0 Å². The molecule has 1 unspecified atom stereocenters. The van der Waals surface area contributed by atoms with E-state index in [0.29, 0.717) is 18.0 Å². The summed E-state index contributed by atoms with van der Waals surface area (Å²) < 4.78 is 10.6. The van der Waals surface area contributed by atoms with E-state index in [1.165, 1.54) is 13.0 Å². The molecular weight excluding hydrogens is 330 g/mol. The molecule has 0 fully saturated rings. The zero-order chi connectivity index (χ0) is 18.9. The Kier molecular flexibility index (Phi) is 6.97. The zero-order valence-corrected chi connectivity index (χ0v) is 15.2. The monoisotopic (exact) mass is 353 g/mol. The molecule has 2 rings (SSSR count). The first kappa shape index (κ1) is 19.2. The predicted octanol–water partition coefficient (Wildman–Crippen LogP) is 3.98. The lowest BCUT2D eigenvalue weighted by atomic mass is 10.1. The molecular formula is C21H23NO4. The van der Waals surface area contributed by atoms with Crippen LogP contribution in [-0.4, -0.2) is 24.6 Å². The molecule has 2 aromatic carbocycles. The molecule has 136 valence electrons. The van der Waals surface area contributed by atoms with Crippen LogP contribution < -0.4 is 10.1 Å². The van der Waals surface area contributed by atoms with E-state index in [2.05, 4.69) is 5.32 Å². The van der Waals surface area contributed by atoms with Crippen LogP contribution in [0.15, 0.2) is 54.6 Å².